The molecule has 1 N–H and O–H groups in total. The Bertz CT molecular complexity index is 827. The van der Waals surface area contributed by atoms with Crippen LogP contribution in [0.3, 0.4) is 0 Å². The molecule has 0 saturated carbocycles. The van der Waals surface area contributed by atoms with Crippen molar-refractivity contribution >= 4 is 27.3 Å². The highest BCUT2D eigenvalue weighted by atomic mass is 32.2. The van der Waals surface area contributed by atoms with Gasteiger partial charge in [-0.3, -0.25) is 9.10 Å². The molecule has 23 heavy (non-hydrogen) atoms. The fraction of sp³-hybridized carbons (Fsp3) is 0.235. The van der Waals surface area contributed by atoms with Crippen LogP contribution in [0.15, 0.2) is 47.4 Å². The molecule has 0 fully saturated rings. The van der Waals surface area contributed by atoms with Crippen LogP contribution in [0, 0.1) is 13.8 Å². The van der Waals surface area contributed by atoms with Gasteiger partial charge in [-0.2, -0.15) is 0 Å². The van der Waals surface area contributed by atoms with Crippen LogP contribution in [0.25, 0.3) is 0 Å². The highest BCUT2D eigenvalue weighted by Gasteiger charge is 2.21. The number of hydrogen-bond acceptors (Lipinski definition) is 3. The third-order valence-corrected chi connectivity index (χ3v) is 5.49. The summed E-state index contributed by atoms with van der Waals surface area (Å²) in [4.78, 5) is 11.2. The molecule has 0 bridgehead atoms. The van der Waals surface area contributed by atoms with Gasteiger partial charge >= 0.3 is 0 Å². The van der Waals surface area contributed by atoms with Crippen molar-refractivity contribution in [2.45, 2.75) is 25.7 Å². The summed E-state index contributed by atoms with van der Waals surface area (Å²) in [6.45, 7) is 5.33. The predicted octanol–water partition coefficient (Wildman–Crippen LogP) is 3.09. The van der Waals surface area contributed by atoms with Crippen molar-refractivity contribution in [1.82, 2.24) is 0 Å². The first-order chi connectivity index (χ1) is 10.7. The van der Waals surface area contributed by atoms with Crippen LogP contribution in [0.2, 0.25) is 0 Å². The summed E-state index contributed by atoms with van der Waals surface area (Å²) in [5, 5.41) is 2.61. The minimum atomic E-state index is -3.65. The molecule has 6 heteroatoms. The summed E-state index contributed by atoms with van der Waals surface area (Å²) in [6.07, 6.45) is 0. The van der Waals surface area contributed by atoms with E-state index in [4.69, 9.17) is 0 Å². The fourth-order valence-corrected chi connectivity index (χ4v) is 3.32. The van der Waals surface area contributed by atoms with Gasteiger partial charge in [-0.25, -0.2) is 8.42 Å². The second-order valence-corrected chi connectivity index (χ2v) is 7.42. The normalized spacial score (nSPS) is 11.1. The van der Waals surface area contributed by atoms with Gasteiger partial charge in [0.15, 0.2) is 0 Å². The maximum Gasteiger partial charge on any atom is 0.264 e. The lowest BCUT2D eigenvalue weighted by atomic mass is 10.1. The van der Waals surface area contributed by atoms with E-state index >= 15 is 0 Å². The smallest absolute Gasteiger partial charge is 0.264 e. The number of rotatable bonds is 4. The average molecular weight is 332 g/mol. The van der Waals surface area contributed by atoms with Gasteiger partial charge in [0.25, 0.3) is 10.0 Å². The number of sulfonamides is 1. The molecular formula is C17H20N2O3S. The topological polar surface area (TPSA) is 66.5 Å². The third-order valence-electron chi connectivity index (χ3n) is 3.69. The molecule has 0 spiro atoms. The van der Waals surface area contributed by atoms with Gasteiger partial charge in [0.2, 0.25) is 5.91 Å². The molecule has 0 aromatic heterocycles. The van der Waals surface area contributed by atoms with E-state index in [1.165, 1.54) is 30.4 Å². The minimum absolute atomic E-state index is 0.173. The van der Waals surface area contributed by atoms with E-state index in [0.717, 1.165) is 11.1 Å². The second-order valence-electron chi connectivity index (χ2n) is 5.45. The van der Waals surface area contributed by atoms with Gasteiger partial charge in [-0.15, -0.1) is 0 Å². The molecule has 0 radical (unpaired) electrons. The summed E-state index contributed by atoms with van der Waals surface area (Å²) in [5.41, 5.74) is 3.31. The number of benzene rings is 2. The van der Waals surface area contributed by atoms with Crippen LogP contribution in [-0.4, -0.2) is 21.4 Å². The van der Waals surface area contributed by atoms with Crippen molar-refractivity contribution in [1.29, 1.82) is 0 Å². The summed E-state index contributed by atoms with van der Waals surface area (Å²) in [5.74, 6) is -0.201. The first-order valence-corrected chi connectivity index (χ1v) is 8.59. The molecule has 122 valence electrons. The van der Waals surface area contributed by atoms with E-state index in [1.807, 2.05) is 26.0 Å². The lowest BCUT2D eigenvalue weighted by Crippen LogP contribution is -2.26. The van der Waals surface area contributed by atoms with Gasteiger partial charge in [0.05, 0.1) is 10.6 Å². The Morgan fingerprint density at radius 1 is 1.00 bits per heavy atom. The van der Waals surface area contributed by atoms with Gasteiger partial charge in [-0.05, 0) is 61.4 Å². The standard InChI is InChI=1S/C17H20N2O3S/c1-12-5-8-16(11-13(12)2)19(4)23(21,22)17-9-6-15(7-10-17)18-14(3)20/h5-11H,1-4H3,(H,18,20). The molecule has 0 aliphatic carbocycles. The molecular weight excluding hydrogens is 312 g/mol. The fourth-order valence-electron chi connectivity index (χ4n) is 2.13. The minimum Gasteiger partial charge on any atom is -0.326 e. The summed E-state index contributed by atoms with van der Waals surface area (Å²) < 4.78 is 26.7. The molecule has 0 heterocycles. The number of anilines is 2. The SMILES string of the molecule is CC(=O)Nc1ccc(S(=O)(=O)N(C)c2ccc(C)c(C)c2)cc1. The Hall–Kier alpha value is -2.34. The summed E-state index contributed by atoms with van der Waals surface area (Å²) in [6, 6.07) is 11.6. The van der Waals surface area contributed by atoms with E-state index < -0.39 is 10.0 Å². The molecule has 0 aliphatic heterocycles. The molecule has 0 atom stereocenters. The van der Waals surface area contributed by atoms with Gasteiger partial charge in [0.1, 0.15) is 0 Å². The molecule has 5 nitrogen and oxygen atoms in total. The molecule has 2 rings (SSSR count). The van der Waals surface area contributed by atoms with Crippen molar-refractivity contribution in [3.05, 3.63) is 53.6 Å². The Balaban J connectivity index is 2.33. The zero-order chi connectivity index (χ0) is 17.2. The van der Waals surface area contributed by atoms with E-state index in [-0.39, 0.29) is 10.8 Å². The highest BCUT2D eigenvalue weighted by Crippen LogP contribution is 2.25. The monoisotopic (exact) mass is 332 g/mol. The molecule has 1 amide bonds. The quantitative estimate of drug-likeness (QED) is 0.935. The summed E-state index contributed by atoms with van der Waals surface area (Å²) in [7, 11) is -2.12. The van der Waals surface area contributed by atoms with Crippen LogP contribution in [0.1, 0.15) is 18.1 Å². The lowest BCUT2D eigenvalue weighted by molar-refractivity contribution is -0.114. The highest BCUT2D eigenvalue weighted by molar-refractivity contribution is 7.92. The third kappa shape index (κ3) is 3.71. The van der Waals surface area contributed by atoms with Crippen LogP contribution in [0.4, 0.5) is 11.4 Å². The largest absolute Gasteiger partial charge is 0.326 e. The predicted molar refractivity (Wildman–Crippen MR) is 92.3 cm³/mol. The van der Waals surface area contributed by atoms with Crippen LogP contribution in [0.5, 0.6) is 0 Å². The van der Waals surface area contributed by atoms with Gasteiger partial charge in [0, 0.05) is 19.7 Å². The number of amides is 1. The zero-order valence-electron chi connectivity index (χ0n) is 13.6. The van der Waals surface area contributed by atoms with E-state index in [0.29, 0.717) is 11.4 Å². The lowest BCUT2D eigenvalue weighted by Gasteiger charge is -2.20. The summed E-state index contributed by atoms with van der Waals surface area (Å²) >= 11 is 0. The van der Waals surface area contributed by atoms with Crippen LogP contribution < -0.4 is 9.62 Å². The Morgan fingerprint density at radius 2 is 1.61 bits per heavy atom. The van der Waals surface area contributed by atoms with Gasteiger partial charge in [-0.1, -0.05) is 6.07 Å². The Kier molecular flexibility index (Phi) is 4.75. The van der Waals surface area contributed by atoms with Crippen molar-refractivity contribution < 1.29 is 13.2 Å². The van der Waals surface area contributed by atoms with Gasteiger partial charge < -0.3 is 5.32 Å². The van der Waals surface area contributed by atoms with E-state index in [2.05, 4.69) is 5.32 Å². The van der Waals surface area contributed by atoms with Crippen LogP contribution >= 0.6 is 0 Å². The average Bonchev–Trinajstić information content (AvgIpc) is 2.49. The van der Waals surface area contributed by atoms with Crippen molar-refractivity contribution in [3.8, 4) is 0 Å². The van der Waals surface area contributed by atoms with E-state index in [9.17, 15) is 13.2 Å². The molecule has 2 aromatic rings. The molecule has 2 aromatic carbocycles. The van der Waals surface area contributed by atoms with Crippen molar-refractivity contribution in [2.24, 2.45) is 0 Å². The number of carbonyl (C=O) groups excluding carboxylic acids is 1. The first kappa shape index (κ1) is 17.0. The molecule has 0 aliphatic rings. The van der Waals surface area contributed by atoms with Crippen molar-refractivity contribution in [3.63, 3.8) is 0 Å². The van der Waals surface area contributed by atoms with E-state index in [1.54, 1.807) is 18.2 Å². The number of aryl methyl sites for hydroxylation is 2. The van der Waals surface area contributed by atoms with Crippen LogP contribution in [-0.2, 0) is 14.8 Å². The molecule has 0 saturated heterocycles. The zero-order valence-corrected chi connectivity index (χ0v) is 14.4. The number of carbonyl (C=O) groups is 1. The number of nitrogens with zero attached hydrogens (tertiary/aromatic N) is 1. The Labute approximate surface area is 137 Å². The Morgan fingerprint density at radius 3 is 2.13 bits per heavy atom. The molecule has 0 unspecified atom stereocenters. The maximum absolute atomic E-state index is 12.7. The number of nitrogens with one attached hydrogen (secondary N) is 1. The maximum atomic E-state index is 12.7. The first-order valence-electron chi connectivity index (χ1n) is 7.15. The number of hydrogen-bond donors (Lipinski definition) is 1. The second kappa shape index (κ2) is 6.42. The van der Waals surface area contributed by atoms with Crippen molar-refractivity contribution in [2.75, 3.05) is 16.7 Å².